The van der Waals surface area contributed by atoms with E-state index in [9.17, 15) is 0 Å². The summed E-state index contributed by atoms with van der Waals surface area (Å²) in [4.78, 5) is 0. The molecule has 0 saturated heterocycles. The average molecular weight is 281 g/mol. The van der Waals surface area contributed by atoms with Gasteiger partial charge in [0.2, 0.25) is 0 Å². The molecule has 0 aliphatic carbocycles. The molecule has 1 heterocycles. The maximum absolute atomic E-state index is 5.72. The molecular formula is C19H23NO. The molecule has 21 heavy (non-hydrogen) atoms. The molecule has 2 atom stereocenters. The number of hydrogen-bond acceptors (Lipinski definition) is 2. The summed E-state index contributed by atoms with van der Waals surface area (Å²) >= 11 is 0. The van der Waals surface area contributed by atoms with Gasteiger partial charge in [0.15, 0.2) is 0 Å². The molecule has 0 aromatic heterocycles. The van der Waals surface area contributed by atoms with E-state index < -0.39 is 0 Å². The van der Waals surface area contributed by atoms with Crippen LogP contribution in [0, 0.1) is 6.92 Å². The average Bonchev–Trinajstić information content (AvgIpc) is 2.50. The number of hydrogen-bond donors (Lipinski definition) is 1. The Morgan fingerprint density at radius 2 is 1.90 bits per heavy atom. The lowest BCUT2D eigenvalue weighted by molar-refractivity contribution is 0.0791. The summed E-state index contributed by atoms with van der Waals surface area (Å²) in [5.74, 6) is 0. The van der Waals surface area contributed by atoms with E-state index >= 15 is 0 Å². The molecule has 2 nitrogen and oxygen atoms in total. The molecule has 0 fully saturated rings. The summed E-state index contributed by atoms with van der Waals surface area (Å²) in [5, 5.41) is 3.73. The van der Waals surface area contributed by atoms with Gasteiger partial charge < -0.3 is 10.1 Å². The van der Waals surface area contributed by atoms with Crippen LogP contribution in [0.3, 0.4) is 0 Å². The Bertz CT molecular complexity index is 608. The highest BCUT2D eigenvalue weighted by Crippen LogP contribution is 2.25. The van der Waals surface area contributed by atoms with Crippen molar-refractivity contribution in [3.63, 3.8) is 0 Å². The first-order chi connectivity index (χ1) is 10.2. The molecule has 2 aromatic rings. The van der Waals surface area contributed by atoms with Gasteiger partial charge in [0.25, 0.3) is 0 Å². The minimum absolute atomic E-state index is 0.300. The van der Waals surface area contributed by atoms with E-state index in [-0.39, 0.29) is 0 Å². The predicted octanol–water partition coefficient (Wildman–Crippen LogP) is 3.79. The minimum Gasteiger partial charge on any atom is -0.375 e. The van der Waals surface area contributed by atoms with Crippen LogP contribution in [-0.2, 0) is 17.8 Å². The van der Waals surface area contributed by atoms with Crippen LogP contribution in [0.15, 0.2) is 48.5 Å². The highest BCUT2D eigenvalue weighted by Gasteiger charge is 2.21. The van der Waals surface area contributed by atoms with Crippen molar-refractivity contribution in [3.8, 4) is 0 Å². The molecule has 0 bridgehead atoms. The zero-order valence-corrected chi connectivity index (χ0v) is 12.8. The molecule has 1 N–H and O–H groups in total. The largest absolute Gasteiger partial charge is 0.375 e. The smallest absolute Gasteiger partial charge is 0.0721 e. The lowest BCUT2D eigenvalue weighted by atomic mass is 9.97. The zero-order valence-electron chi connectivity index (χ0n) is 12.8. The first-order valence-corrected chi connectivity index (χ1v) is 7.70. The monoisotopic (exact) mass is 281 g/mol. The molecule has 0 radical (unpaired) electrons. The second-order valence-corrected chi connectivity index (χ2v) is 5.96. The summed E-state index contributed by atoms with van der Waals surface area (Å²) in [6.07, 6.45) is 1.05. The van der Waals surface area contributed by atoms with E-state index in [0.717, 1.165) is 19.6 Å². The second-order valence-electron chi connectivity index (χ2n) is 5.96. The van der Waals surface area contributed by atoms with Gasteiger partial charge in [0.1, 0.15) is 0 Å². The minimum atomic E-state index is 0.300. The zero-order chi connectivity index (χ0) is 14.7. The molecule has 0 spiro atoms. The van der Waals surface area contributed by atoms with Gasteiger partial charge in [-0.3, -0.25) is 0 Å². The van der Waals surface area contributed by atoms with Crippen LogP contribution in [0.25, 0.3) is 0 Å². The molecule has 2 unspecified atom stereocenters. The number of aryl methyl sites for hydroxylation is 1. The molecule has 1 aliphatic heterocycles. The van der Waals surface area contributed by atoms with Gasteiger partial charge in [-0.15, -0.1) is 0 Å². The van der Waals surface area contributed by atoms with E-state index in [0.29, 0.717) is 12.1 Å². The van der Waals surface area contributed by atoms with E-state index in [4.69, 9.17) is 4.74 Å². The highest BCUT2D eigenvalue weighted by atomic mass is 16.5. The molecule has 0 saturated carbocycles. The Hall–Kier alpha value is -1.64. The molecule has 110 valence electrons. The quantitative estimate of drug-likeness (QED) is 0.920. The summed E-state index contributed by atoms with van der Waals surface area (Å²) in [5.41, 5.74) is 5.48. The normalized spacial score (nSPS) is 19.0. The molecule has 3 rings (SSSR count). The Labute approximate surface area is 127 Å². The predicted molar refractivity (Wildman–Crippen MR) is 86.3 cm³/mol. The van der Waals surface area contributed by atoms with Crippen LogP contribution < -0.4 is 5.32 Å². The van der Waals surface area contributed by atoms with E-state index in [1.165, 1.54) is 22.3 Å². The number of nitrogens with one attached hydrogen (secondary N) is 1. The summed E-state index contributed by atoms with van der Waals surface area (Å²) in [6, 6.07) is 17.9. The van der Waals surface area contributed by atoms with E-state index in [1.807, 2.05) is 0 Å². The van der Waals surface area contributed by atoms with Crippen LogP contribution >= 0.6 is 0 Å². The molecule has 0 amide bonds. The van der Waals surface area contributed by atoms with E-state index in [1.54, 1.807) is 0 Å². The number of fused-ring (bicyclic) bond motifs is 1. The summed E-state index contributed by atoms with van der Waals surface area (Å²) < 4.78 is 5.72. The third-order valence-electron chi connectivity index (χ3n) is 4.25. The van der Waals surface area contributed by atoms with Crippen LogP contribution in [-0.4, -0.2) is 12.6 Å². The second kappa shape index (κ2) is 6.42. The maximum atomic E-state index is 5.72. The van der Waals surface area contributed by atoms with Gasteiger partial charge in [-0.1, -0.05) is 48.5 Å². The lowest BCUT2D eigenvalue weighted by Crippen LogP contribution is -2.37. The van der Waals surface area contributed by atoms with Gasteiger partial charge >= 0.3 is 0 Å². The van der Waals surface area contributed by atoms with Crippen LogP contribution in [0.5, 0.6) is 0 Å². The fourth-order valence-electron chi connectivity index (χ4n) is 3.09. The van der Waals surface area contributed by atoms with Crippen LogP contribution in [0.1, 0.15) is 35.2 Å². The van der Waals surface area contributed by atoms with Crippen molar-refractivity contribution < 1.29 is 4.74 Å². The van der Waals surface area contributed by atoms with Crippen molar-refractivity contribution in [2.24, 2.45) is 0 Å². The summed E-state index contributed by atoms with van der Waals surface area (Å²) in [7, 11) is 0. The number of rotatable bonds is 4. The third kappa shape index (κ3) is 3.34. The van der Waals surface area contributed by atoms with Crippen molar-refractivity contribution in [1.82, 2.24) is 5.32 Å². The Morgan fingerprint density at radius 3 is 2.76 bits per heavy atom. The number of ether oxygens (including phenoxy) is 1. The first-order valence-electron chi connectivity index (χ1n) is 7.70. The van der Waals surface area contributed by atoms with Gasteiger partial charge in [0, 0.05) is 6.04 Å². The molecule has 2 aromatic carbocycles. The van der Waals surface area contributed by atoms with Crippen molar-refractivity contribution in [3.05, 3.63) is 70.8 Å². The van der Waals surface area contributed by atoms with Crippen LogP contribution in [0.4, 0.5) is 0 Å². The third-order valence-corrected chi connectivity index (χ3v) is 4.25. The van der Waals surface area contributed by atoms with Gasteiger partial charge in [-0.2, -0.15) is 0 Å². The Kier molecular flexibility index (Phi) is 4.37. The van der Waals surface area contributed by atoms with Gasteiger partial charge in [0.05, 0.1) is 19.3 Å². The SMILES string of the molecule is Cc1ccccc1CC(C)NC1COCc2ccccc21. The van der Waals surface area contributed by atoms with Crippen LogP contribution in [0.2, 0.25) is 0 Å². The fourth-order valence-corrected chi connectivity index (χ4v) is 3.09. The van der Waals surface area contributed by atoms with E-state index in [2.05, 4.69) is 67.7 Å². The number of benzene rings is 2. The van der Waals surface area contributed by atoms with Crippen molar-refractivity contribution >= 4 is 0 Å². The standard InChI is InChI=1S/C19H23NO/c1-14-7-3-4-8-16(14)11-15(2)20-19-13-21-12-17-9-5-6-10-18(17)19/h3-10,15,19-20H,11-13H2,1-2H3. The van der Waals surface area contributed by atoms with Crippen molar-refractivity contribution in [2.45, 2.75) is 39.0 Å². The lowest BCUT2D eigenvalue weighted by Gasteiger charge is -2.29. The van der Waals surface area contributed by atoms with Gasteiger partial charge in [-0.25, -0.2) is 0 Å². The topological polar surface area (TPSA) is 21.3 Å². The Morgan fingerprint density at radius 1 is 1.14 bits per heavy atom. The molecule has 2 heteroatoms. The maximum Gasteiger partial charge on any atom is 0.0721 e. The first kappa shape index (κ1) is 14.3. The molecular weight excluding hydrogens is 258 g/mol. The van der Waals surface area contributed by atoms with Crippen molar-refractivity contribution in [1.29, 1.82) is 0 Å². The Balaban J connectivity index is 1.69. The highest BCUT2D eigenvalue weighted by molar-refractivity contribution is 5.31. The fraction of sp³-hybridized carbons (Fsp3) is 0.368. The summed E-state index contributed by atoms with van der Waals surface area (Å²) in [6.45, 7) is 5.93. The molecule has 1 aliphatic rings. The van der Waals surface area contributed by atoms with Crippen molar-refractivity contribution in [2.75, 3.05) is 6.61 Å². The van der Waals surface area contributed by atoms with Gasteiger partial charge in [-0.05, 0) is 42.5 Å².